The number of amides is 2. The summed E-state index contributed by atoms with van der Waals surface area (Å²) in [5, 5.41) is 4.99. The van der Waals surface area contributed by atoms with Gasteiger partial charge in [0.2, 0.25) is 0 Å². The van der Waals surface area contributed by atoms with Gasteiger partial charge in [0.05, 0.1) is 17.3 Å². The Morgan fingerprint density at radius 2 is 2.06 bits per heavy atom. The van der Waals surface area contributed by atoms with E-state index in [1.165, 1.54) is 25.5 Å². The molecule has 0 unspecified atom stereocenters. The molecule has 0 saturated heterocycles. The van der Waals surface area contributed by atoms with Crippen LogP contribution in [0.15, 0.2) is 4.47 Å². The molecule has 1 aromatic heterocycles. The molecule has 0 radical (unpaired) electrons. The quantitative estimate of drug-likeness (QED) is 0.824. The highest BCUT2D eigenvalue weighted by atomic mass is 79.9. The smallest absolute Gasteiger partial charge is 0.350 e. The van der Waals surface area contributed by atoms with Gasteiger partial charge >= 0.3 is 12.0 Å². The molecule has 5 nitrogen and oxygen atoms in total. The van der Waals surface area contributed by atoms with E-state index in [1.807, 2.05) is 6.92 Å². The van der Waals surface area contributed by atoms with Gasteiger partial charge in [-0.3, -0.25) is 0 Å². The van der Waals surface area contributed by atoms with Gasteiger partial charge in [-0.1, -0.05) is 0 Å². The van der Waals surface area contributed by atoms with Crippen LogP contribution in [-0.2, 0) is 4.74 Å². The molecule has 0 spiro atoms. The Morgan fingerprint density at radius 3 is 2.56 bits per heavy atom. The lowest BCUT2D eigenvalue weighted by Crippen LogP contribution is -2.25. The molecule has 16 heavy (non-hydrogen) atoms. The van der Waals surface area contributed by atoms with Crippen molar-refractivity contribution in [2.75, 3.05) is 19.5 Å². The predicted molar refractivity (Wildman–Crippen MR) is 66.2 cm³/mol. The second-order valence-electron chi connectivity index (χ2n) is 2.87. The summed E-state index contributed by atoms with van der Waals surface area (Å²) >= 11 is 4.58. The summed E-state index contributed by atoms with van der Waals surface area (Å²) in [7, 11) is 2.80. The summed E-state index contributed by atoms with van der Waals surface area (Å²) in [6.07, 6.45) is 0. The van der Waals surface area contributed by atoms with Crippen molar-refractivity contribution in [2.45, 2.75) is 6.92 Å². The molecule has 0 aromatic carbocycles. The molecule has 0 atom stereocenters. The largest absolute Gasteiger partial charge is 0.465 e. The van der Waals surface area contributed by atoms with Crippen molar-refractivity contribution >= 4 is 45.0 Å². The van der Waals surface area contributed by atoms with E-state index in [2.05, 4.69) is 31.3 Å². The summed E-state index contributed by atoms with van der Waals surface area (Å²) in [6, 6.07) is -0.386. The first-order chi connectivity index (χ1) is 7.51. The first-order valence-electron chi connectivity index (χ1n) is 4.37. The van der Waals surface area contributed by atoms with Gasteiger partial charge < -0.3 is 15.4 Å². The lowest BCUT2D eigenvalue weighted by atomic mass is 10.3. The normalized spacial score (nSPS) is 9.75. The maximum absolute atomic E-state index is 11.5. The molecule has 1 rings (SSSR count). The summed E-state index contributed by atoms with van der Waals surface area (Å²) in [6.45, 7) is 1.84. The Labute approximate surface area is 105 Å². The molecule has 0 aliphatic carbocycles. The van der Waals surface area contributed by atoms with Crippen LogP contribution in [0.5, 0.6) is 0 Å². The van der Waals surface area contributed by atoms with Crippen LogP contribution in [0.3, 0.4) is 0 Å². The molecular formula is C9H11BrN2O3S. The number of methoxy groups -OCH3 is 1. The average molecular weight is 307 g/mol. The van der Waals surface area contributed by atoms with Gasteiger partial charge in [0.25, 0.3) is 0 Å². The van der Waals surface area contributed by atoms with Crippen molar-refractivity contribution in [2.24, 2.45) is 0 Å². The van der Waals surface area contributed by atoms with E-state index in [0.717, 1.165) is 4.88 Å². The summed E-state index contributed by atoms with van der Waals surface area (Å²) in [5.41, 5.74) is 0.439. The third kappa shape index (κ3) is 2.53. The van der Waals surface area contributed by atoms with E-state index in [1.54, 1.807) is 0 Å². The number of nitrogens with one attached hydrogen (secondary N) is 2. The van der Waals surface area contributed by atoms with Crippen LogP contribution in [-0.4, -0.2) is 26.2 Å². The molecule has 7 heteroatoms. The van der Waals surface area contributed by atoms with Crippen molar-refractivity contribution in [3.63, 3.8) is 0 Å². The van der Waals surface area contributed by atoms with Crippen LogP contribution >= 0.6 is 27.3 Å². The number of aryl methyl sites for hydroxylation is 1. The van der Waals surface area contributed by atoms with E-state index in [0.29, 0.717) is 15.0 Å². The SMILES string of the molecule is CNC(=O)Nc1c(C(=O)OC)sc(C)c1Br. The fourth-order valence-electron chi connectivity index (χ4n) is 1.05. The van der Waals surface area contributed by atoms with E-state index < -0.39 is 5.97 Å². The fourth-order valence-corrected chi connectivity index (χ4v) is 2.64. The van der Waals surface area contributed by atoms with E-state index >= 15 is 0 Å². The summed E-state index contributed by atoms with van der Waals surface area (Å²) < 4.78 is 5.34. The molecule has 1 heterocycles. The molecule has 1 aromatic rings. The number of carbonyl (C=O) groups is 2. The number of esters is 1. The minimum Gasteiger partial charge on any atom is -0.465 e. The maximum Gasteiger partial charge on any atom is 0.350 e. The number of halogens is 1. The maximum atomic E-state index is 11.5. The van der Waals surface area contributed by atoms with Crippen LogP contribution in [0.4, 0.5) is 10.5 Å². The van der Waals surface area contributed by atoms with Crippen molar-refractivity contribution in [1.29, 1.82) is 0 Å². The Morgan fingerprint density at radius 1 is 1.44 bits per heavy atom. The molecule has 88 valence electrons. The monoisotopic (exact) mass is 306 g/mol. The van der Waals surface area contributed by atoms with Crippen molar-refractivity contribution in [3.8, 4) is 0 Å². The Hall–Kier alpha value is -1.08. The molecule has 0 aliphatic rings. The van der Waals surface area contributed by atoms with E-state index in [9.17, 15) is 9.59 Å². The van der Waals surface area contributed by atoms with Gasteiger partial charge in [-0.2, -0.15) is 0 Å². The van der Waals surface area contributed by atoms with Crippen molar-refractivity contribution in [3.05, 3.63) is 14.2 Å². The lowest BCUT2D eigenvalue weighted by molar-refractivity contribution is 0.0607. The first-order valence-corrected chi connectivity index (χ1v) is 5.98. The highest BCUT2D eigenvalue weighted by Crippen LogP contribution is 2.37. The number of carbonyl (C=O) groups excluding carboxylic acids is 2. The minimum atomic E-state index is -0.467. The number of hydrogen-bond acceptors (Lipinski definition) is 4. The average Bonchev–Trinajstić information content (AvgIpc) is 2.56. The zero-order chi connectivity index (χ0) is 12.3. The third-order valence-corrected chi connectivity index (χ3v) is 4.19. The van der Waals surface area contributed by atoms with Crippen LogP contribution in [0.25, 0.3) is 0 Å². The number of rotatable bonds is 2. The molecule has 0 bridgehead atoms. The molecule has 0 saturated carbocycles. The third-order valence-electron chi connectivity index (χ3n) is 1.85. The number of thiophene rings is 1. The summed E-state index contributed by atoms with van der Waals surface area (Å²) in [5.74, 6) is -0.467. The topological polar surface area (TPSA) is 67.4 Å². The van der Waals surface area contributed by atoms with E-state index in [-0.39, 0.29) is 6.03 Å². The number of anilines is 1. The Bertz CT molecular complexity index is 431. The van der Waals surface area contributed by atoms with Crippen LogP contribution in [0, 0.1) is 6.92 Å². The zero-order valence-electron chi connectivity index (χ0n) is 9.01. The van der Waals surface area contributed by atoms with Gasteiger partial charge in [0, 0.05) is 11.9 Å². The Balaban J connectivity index is 3.13. The number of ether oxygens (including phenoxy) is 1. The first kappa shape index (κ1) is 13.0. The second-order valence-corrected chi connectivity index (χ2v) is 4.89. The van der Waals surface area contributed by atoms with Crippen LogP contribution in [0.1, 0.15) is 14.5 Å². The van der Waals surface area contributed by atoms with Gasteiger partial charge in [0.1, 0.15) is 4.88 Å². The minimum absolute atomic E-state index is 0.371. The highest BCUT2D eigenvalue weighted by Gasteiger charge is 2.21. The molecule has 2 N–H and O–H groups in total. The van der Waals surface area contributed by atoms with Crippen molar-refractivity contribution < 1.29 is 14.3 Å². The molecule has 0 aliphatic heterocycles. The number of urea groups is 1. The summed E-state index contributed by atoms with van der Waals surface area (Å²) in [4.78, 5) is 23.9. The zero-order valence-corrected chi connectivity index (χ0v) is 11.4. The lowest BCUT2D eigenvalue weighted by Gasteiger charge is -2.05. The van der Waals surface area contributed by atoms with Gasteiger partial charge in [-0.15, -0.1) is 11.3 Å². The van der Waals surface area contributed by atoms with Gasteiger partial charge in [-0.25, -0.2) is 9.59 Å². The van der Waals surface area contributed by atoms with Crippen molar-refractivity contribution in [1.82, 2.24) is 5.32 Å². The fraction of sp³-hybridized carbons (Fsp3) is 0.333. The van der Waals surface area contributed by atoms with E-state index in [4.69, 9.17) is 0 Å². The molecular weight excluding hydrogens is 296 g/mol. The van der Waals surface area contributed by atoms with Crippen LogP contribution in [0.2, 0.25) is 0 Å². The standard InChI is InChI=1S/C9H11BrN2O3S/c1-4-5(10)6(12-9(14)11-2)7(16-4)8(13)15-3/h1-3H3,(H2,11,12,14). The highest BCUT2D eigenvalue weighted by molar-refractivity contribution is 9.10. The van der Waals surface area contributed by atoms with Crippen LogP contribution < -0.4 is 10.6 Å². The second kappa shape index (κ2) is 5.31. The van der Waals surface area contributed by atoms with Gasteiger partial charge in [-0.05, 0) is 22.9 Å². The Kier molecular flexibility index (Phi) is 4.31. The predicted octanol–water partition coefficient (Wildman–Crippen LogP) is 2.36. The molecule has 2 amide bonds. The van der Waals surface area contributed by atoms with Gasteiger partial charge in [0.15, 0.2) is 0 Å². The number of hydrogen-bond donors (Lipinski definition) is 2. The molecule has 0 fully saturated rings.